The average Bonchev–Trinajstić information content (AvgIpc) is 2.72. The number of nitro groups is 1. The number of carbonyl (C=O) groups excluding carboxylic acids is 1. The largest absolute Gasteiger partial charge is 0.444 e. The third kappa shape index (κ3) is 5.48. The van der Waals surface area contributed by atoms with Gasteiger partial charge < -0.3 is 10.1 Å². The molecule has 0 saturated carbocycles. The molecule has 1 amide bonds. The summed E-state index contributed by atoms with van der Waals surface area (Å²) >= 11 is 0. The predicted octanol–water partition coefficient (Wildman–Crippen LogP) is 5.76. The van der Waals surface area contributed by atoms with Crippen molar-refractivity contribution in [3.8, 4) is 0 Å². The molecule has 31 heavy (non-hydrogen) atoms. The highest BCUT2D eigenvalue weighted by atomic mass is 16.6. The molecule has 2 atom stereocenters. The van der Waals surface area contributed by atoms with Crippen molar-refractivity contribution in [1.29, 1.82) is 0 Å². The molecule has 6 nitrogen and oxygen atoms in total. The number of amides is 1. The van der Waals surface area contributed by atoms with Crippen LogP contribution < -0.4 is 5.32 Å². The van der Waals surface area contributed by atoms with Crippen LogP contribution in [0.2, 0.25) is 0 Å². The first kappa shape index (κ1) is 22.0. The molecule has 0 saturated heterocycles. The van der Waals surface area contributed by atoms with E-state index in [1.54, 1.807) is 45.0 Å². The number of hydrogen-bond donors (Lipinski definition) is 1. The van der Waals surface area contributed by atoms with E-state index in [1.165, 1.54) is 0 Å². The standard InChI is InChI=1S/C25H26N2O4/c1-17(20-15-14-18-10-8-9-13-21(18)16-20)23(27(29)30)22(19-11-6-5-7-12-19)26-24(28)31-25(2,3)4/h5-16,22-23H,1H2,2-4H3,(H,26,28)/t22-,23+/m0/s1. The predicted molar refractivity (Wildman–Crippen MR) is 122 cm³/mol. The molecule has 0 heterocycles. The van der Waals surface area contributed by atoms with E-state index in [4.69, 9.17) is 4.74 Å². The summed E-state index contributed by atoms with van der Waals surface area (Å²) in [4.78, 5) is 24.3. The molecule has 3 rings (SSSR count). The summed E-state index contributed by atoms with van der Waals surface area (Å²) in [6, 6.07) is 20.0. The second-order valence-electron chi connectivity index (χ2n) is 8.35. The van der Waals surface area contributed by atoms with Crippen LogP contribution in [0.25, 0.3) is 16.3 Å². The summed E-state index contributed by atoms with van der Waals surface area (Å²) in [5.74, 6) is 0. The third-order valence-corrected chi connectivity index (χ3v) is 4.85. The zero-order valence-electron chi connectivity index (χ0n) is 17.9. The van der Waals surface area contributed by atoms with Crippen molar-refractivity contribution >= 4 is 22.4 Å². The minimum atomic E-state index is -1.28. The number of nitrogens with zero attached hydrogens (tertiary/aromatic N) is 1. The van der Waals surface area contributed by atoms with Gasteiger partial charge in [-0.3, -0.25) is 10.1 Å². The van der Waals surface area contributed by atoms with Crippen LogP contribution in [0.5, 0.6) is 0 Å². The Balaban J connectivity index is 2.00. The first-order chi connectivity index (χ1) is 14.7. The monoisotopic (exact) mass is 418 g/mol. The quantitative estimate of drug-likeness (QED) is 0.407. The Kier molecular flexibility index (Phi) is 6.39. The highest BCUT2D eigenvalue weighted by Crippen LogP contribution is 2.31. The van der Waals surface area contributed by atoms with Crippen molar-refractivity contribution < 1.29 is 14.5 Å². The maximum absolute atomic E-state index is 12.5. The van der Waals surface area contributed by atoms with Gasteiger partial charge in [0.15, 0.2) is 0 Å². The Morgan fingerprint density at radius 2 is 1.61 bits per heavy atom. The second kappa shape index (κ2) is 9.00. The third-order valence-electron chi connectivity index (χ3n) is 4.85. The number of rotatable bonds is 6. The number of alkyl carbamates (subject to hydrolysis) is 1. The van der Waals surface area contributed by atoms with Crippen LogP contribution >= 0.6 is 0 Å². The van der Waals surface area contributed by atoms with Gasteiger partial charge in [0.2, 0.25) is 0 Å². The van der Waals surface area contributed by atoms with Gasteiger partial charge >= 0.3 is 6.09 Å². The Morgan fingerprint density at radius 1 is 1.00 bits per heavy atom. The maximum atomic E-state index is 12.5. The lowest BCUT2D eigenvalue weighted by atomic mass is 9.89. The molecule has 0 aliphatic heterocycles. The van der Waals surface area contributed by atoms with Crippen LogP contribution in [0, 0.1) is 10.1 Å². The summed E-state index contributed by atoms with van der Waals surface area (Å²) in [6.45, 7) is 9.27. The average molecular weight is 418 g/mol. The molecule has 0 aliphatic rings. The minimum absolute atomic E-state index is 0.306. The van der Waals surface area contributed by atoms with Gasteiger partial charge in [-0.2, -0.15) is 0 Å². The fourth-order valence-electron chi connectivity index (χ4n) is 3.45. The molecular formula is C25H26N2O4. The number of carbonyl (C=O) groups is 1. The van der Waals surface area contributed by atoms with Crippen molar-refractivity contribution in [2.75, 3.05) is 0 Å². The number of benzene rings is 3. The number of hydrogen-bond acceptors (Lipinski definition) is 4. The van der Waals surface area contributed by atoms with E-state index in [1.807, 2.05) is 48.5 Å². The van der Waals surface area contributed by atoms with E-state index >= 15 is 0 Å². The van der Waals surface area contributed by atoms with E-state index in [9.17, 15) is 14.9 Å². The van der Waals surface area contributed by atoms with Crippen LogP contribution in [0.1, 0.15) is 37.9 Å². The molecule has 6 heteroatoms. The molecule has 0 spiro atoms. The lowest BCUT2D eigenvalue weighted by Gasteiger charge is -2.26. The summed E-state index contributed by atoms with van der Waals surface area (Å²) < 4.78 is 5.36. The zero-order chi connectivity index (χ0) is 22.6. The zero-order valence-corrected chi connectivity index (χ0v) is 17.9. The Morgan fingerprint density at radius 3 is 2.23 bits per heavy atom. The highest BCUT2D eigenvalue weighted by molar-refractivity contribution is 5.86. The van der Waals surface area contributed by atoms with Crippen LogP contribution in [-0.2, 0) is 4.74 Å². The second-order valence-corrected chi connectivity index (χ2v) is 8.35. The molecule has 160 valence electrons. The fraction of sp³-hybridized carbons (Fsp3) is 0.240. The Bertz CT molecular complexity index is 1100. The highest BCUT2D eigenvalue weighted by Gasteiger charge is 2.38. The summed E-state index contributed by atoms with van der Waals surface area (Å²) in [6.07, 6.45) is -0.723. The summed E-state index contributed by atoms with van der Waals surface area (Å²) in [5, 5.41) is 16.9. The van der Waals surface area contributed by atoms with Gasteiger partial charge in [-0.25, -0.2) is 4.79 Å². The molecule has 0 bridgehead atoms. The van der Waals surface area contributed by atoms with Gasteiger partial charge in [0.05, 0.1) is 0 Å². The van der Waals surface area contributed by atoms with E-state index < -0.39 is 28.7 Å². The summed E-state index contributed by atoms with van der Waals surface area (Å²) in [7, 11) is 0. The molecule has 0 aliphatic carbocycles. The van der Waals surface area contributed by atoms with Crippen molar-refractivity contribution in [1.82, 2.24) is 5.32 Å². The van der Waals surface area contributed by atoms with Gasteiger partial charge in [0.25, 0.3) is 6.04 Å². The summed E-state index contributed by atoms with van der Waals surface area (Å²) in [5.41, 5.74) is 0.815. The van der Waals surface area contributed by atoms with Crippen molar-refractivity contribution in [3.63, 3.8) is 0 Å². The van der Waals surface area contributed by atoms with Crippen LogP contribution in [0.4, 0.5) is 4.79 Å². The fourth-order valence-corrected chi connectivity index (χ4v) is 3.45. The molecule has 0 radical (unpaired) electrons. The normalized spacial score (nSPS) is 13.3. The Hall–Kier alpha value is -3.67. The van der Waals surface area contributed by atoms with Gasteiger partial charge in [-0.1, -0.05) is 73.3 Å². The van der Waals surface area contributed by atoms with Gasteiger partial charge in [-0.05, 0) is 48.7 Å². The Labute approximate surface area is 181 Å². The van der Waals surface area contributed by atoms with Crippen molar-refractivity contribution in [3.05, 3.63) is 101 Å². The molecule has 3 aromatic rings. The van der Waals surface area contributed by atoms with Gasteiger partial charge in [0.1, 0.15) is 11.6 Å². The molecule has 0 unspecified atom stereocenters. The van der Waals surface area contributed by atoms with Crippen molar-refractivity contribution in [2.45, 2.75) is 38.5 Å². The topological polar surface area (TPSA) is 81.5 Å². The van der Waals surface area contributed by atoms with Crippen LogP contribution in [0.3, 0.4) is 0 Å². The van der Waals surface area contributed by atoms with Gasteiger partial charge in [0, 0.05) is 10.5 Å². The minimum Gasteiger partial charge on any atom is -0.444 e. The smallest absolute Gasteiger partial charge is 0.408 e. The van der Waals surface area contributed by atoms with E-state index in [-0.39, 0.29) is 0 Å². The van der Waals surface area contributed by atoms with E-state index in [0.29, 0.717) is 16.7 Å². The van der Waals surface area contributed by atoms with Crippen LogP contribution in [0.15, 0.2) is 79.4 Å². The molecule has 0 aromatic heterocycles. The SMILES string of the molecule is C=C(c1ccc2ccccc2c1)[C@H]([C@@H](NC(=O)OC(C)(C)C)c1ccccc1)[N+](=O)[O-]. The lowest BCUT2D eigenvalue weighted by molar-refractivity contribution is -0.510. The first-order valence-corrected chi connectivity index (χ1v) is 10.0. The number of nitrogens with one attached hydrogen (secondary N) is 1. The molecule has 0 fully saturated rings. The van der Waals surface area contributed by atoms with Crippen LogP contribution in [-0.4, -0.2) is 22.7 Å². The molecule has 1 N–H and O–H groups in total. The number of fused-ring (bicyclic) bond motifs is 1. The van der Waals surface area contributed by atoms with E-state index in [2.05, 4.69) is 11.9 Å². The molecule has 3 aromatic carbocycles. The van der Waals surface area contributed by atoms with E-state index in [0.717, 1.165) is 10.8 Å². The number of ether oxygens (including phenoxy) is 1. The van der Waals surface area contributed by atoms with Gasteiger partial charge in [-0.15, -0.1) is 0 Å². The maximum Gasteiger partial charge on any atom is 0.408 e. The lowest BCUT2D eigenvalue weighted by Crippen LogP contribution is -2.42. The first-order valence-electron chi connectivity index (χ1n) is 10.0. The van der Waals surface area contributed by atoms with Crippen molar-refractivity contribution in [2.24, 2.45) is 0 Å². The molecular weight excluding hydrogens is 392 g/mol.